The van der Waals surface area contributed by atoms with E-state index in [2.05, 4.69) is 47.2 Å². The minimum absolute atomic E-state index is 0.00940. The van der Waals surface area contributed by atoms with Crippen LogP contribution in [0.1, 0.15) is 104 Å². The molecule has 2 aromatic carbocycles. The molecule has 0 saturated heterocycles. The molecule has 4 aromatic rings. The average Bonchev–Trinajstić information content (AvgIpc) is 3.58. The number of halogens is 1. The molecule has 0 aliphatic heterocycles. The molecule has 4 atom stereocenters. The van der Waals surface area contributed by atoms with Crippen LogP contribution in [0.4, 0.5) is 5.82 Å². The summed E-state index contributed by atoms with van der Waals surface area (Å²) in [6.07, 6.45) is 0.752. The summed E-state index contributed by atoms with van der Waals surface area (Å²) in [5.74, 6) is -2.58. The van der Waals surface area contributed by atoms with Gasteiger partial charge in [-0.05, 0) is 88.6 Å². The van der Waals surface area contributed by atoms with E-state index in [4.69, 9.17) is 23.4 Å². The van der Waals surface area contributed by atoms with Gasteiger partial charge in [0.1, 0.15) is 29.1 Å². The Morgan fingerprint density at radius 2 is 1.57 bits per heavy atom. The number of allylic oxidation sites excluding steroid dienone is 1. The summed E-state index contributed by atoms with van der Waals surface area (Å²) >= 11 is 3.65. The fourth-order valence-electron chi connectivity index (χ4n) is 8.47. The SMILES string of the molecule is CN(C)[C@@H]1c2onc(OCc3ccccc3)c2C(=O)[C@@]2(O[Si](C)(C)C(C)(C)C)C(O)=C3C(=O)c4c(c(Br)nc(NC(=O)CC(C)(C)C)c4OCc4ccccc4)C[C@H]3C[C@@H]12. The summed E-state index contributed by atoms with van der Waals surface area (Å²) in [5, 5.41) is 19.9. The molecule has 3 aliphatic rings. The number of Topliss-reactive ketones (excluding diaryl/α,β-unsaturated/α-hetero) is 2. The average molecular weight is 900 g/mol. The van der Waals surface area contributed by atoms with Crippen LogP contribution in [-0.4, -0.2) is 65.6 Å². The molecule has 3 aliphatic carbocycles. The van der Waals surface area contributed by atoms with Crippen molar-refractivity contribution in [1.82, 2.24) is 15.0 Å². The summed E-state index contributed by atoms with van der Waals surface area (Å²) in [5.41, 5.74) is 0.262. The fourth-order valence-corrected chi connectivity index (χ4v) is 10.5. The summed E-state index contributed by atoms with van der Waals surface area (Å²) in [6.45, 7) is 16.3. The second-order valence-corrected chi connectivity index (χ2v) is 24.6. The van der Waals surface area contributed by atoms with E-state index >= 15 is 9.59 Å². The van der Waals surface area contributed by atoms with Gasteiger partial charge in [0.2, 0.25) is 11.7 Å². The van der Waals surface area contributed by atoms with Gasteiger partial charge in [0.05, 0.1) is 11.6 Å². The highest BCUT2D eigenvalue weighted by molar-refractivity contribution is 9.10. The number of nitrogens with one attached hydrogen (secondary N) is 1. The quantitative estimate of drug-likeness (QED) is 0.109. The standard InChI is InChI=1S/C46H55BrN4O8Si/c1-44(2,3)23-31(52)48-42-38(56-24-26-17-13-11-14-18-26)33-29(41(47)49-42)21-28-22-30-35(51(7)8)37-34(43(50-58-37)57-25-27-19-15-12-16-20-27)40(55)46(30,39(54)32(28)36(33)53)59-60(9,10)45(4,5)6/h11-20,28,30,35,54H,21-25H2,1-10H3,(H,48,49,52)/t28-,30-,35-,46-/m0/s1. The van der Waals surface area contributed by atoms with Crippen molar-refractivity contribution in [3.05, 3.63) is 110 Å². The zero-order chi connectivity index (χ0) is 43.5. The summed E-state index contributed by atoms with van der Waals surface area (Å²) < 4.78 is 26.4. The first-order valence-corrected chi connectivity index (χ1v) is 24.1. The van der Waals surface area contributed by atoms with Crippen LogP contribution in [0.3, 0.4) is 0 Å². The third kappa shape index (κ3) is 7.87. The lowest BCUT2D eigenvalue weighted by atomic mass is 9.58. The van der Waals surface area contributed by atoms with Gasteiger partial charge in [0.25, 0.3) is 5.88 Å². The minimum atomic E-state index is -2.94. The number of amides is 1. The highest BCUT2D eigenvalue weighted by atomic mass is 79.9. The maximum Gasteiger partial charge on any atom is 0.265 e. The van der Waals surface area contributed by atoms with E-state index in [1.165, 1.54) is 0 Å². The van der Waals surface area contributed by atoms with Gasteiger partial charge in [-0.25, -0.2) is 4.98 Å². The minimum Gasteiger partial charge on any atom is -0.508 e. The van der Waals surface area contributed by atoms with Gasteiger partial charge in [0, 0.05) is 23.5 Å². The number of nitrogens with zero attached hydrogens (tertiary/aromatic N) is 3. The van der Waals surface area contributed by atoms with Crippen molar-refractivity contribution in [2.24, 2.45) is 17.3 Å². The fraction of sp³-hybridized carbons (Fsp3) is 0.457. The van der Waals surface area contributed by atoms with Crippen molar-refractivity contribution in [1.29, 1.82) is 0 Å². The first-order valence-electron chi connectivity index (χ1n) is 20.4. The monoisotopic (exact) mass is 898 g/mol. The molecule has 0 fully saturated rings. The third-order valence-electron chi connectivity index (χ3n) is 12.3. The van der Waals surface area contributed by atoms with Crippen LogP contribution < -0.4 is 14.8 Å². The predicted molar refractivity (Wildman–Crippen MR) is 234 cm³/mol. The smallest absolute Gasteiger partial charge is 0.265 e. The third-order valence-corrected chi connectivity index (χ3v) is 17.4. The Bertz CT molecular complexity index is 2350. The zero-order valence-electron chi connectivity index (χ0n) is 36.1. The van der Waals surface area contributed by atoms with Gasteiger partial charge >= 0.3 is 0 Å². The first-order chi connectivity index (χ1) is 28.1. The molecule has 0 spiro atoms. The molecule has 2 aromatic heterocycles. The van der Waals surface area contributed by atoms with Crippen molar-refractivity contribution in [3.8, 4) is 11.6 Å². The van der Waals surface area contributed by atoms with E-state index in [1.807, 2.05) is 114 Å². The van der Waals surface area contributed by atoms with Gasteiger partial charge in [-0.1, -0.05) is 102 Å². The number of carbonyl (C=O) groups excluding carboxylic acids is 3. The van der Waals surface area contributed by atoms with Gasteiger partial charge < -0.3 is 28.8 Å². The van der Waals surface area contributed by atoms with Gasteiger partial charge in [-0.15, -0.1) is 0 Å². The molecular weight excluding hydrogens is 845 g/mol. The largest absolute Gasteiger partial charge is 0.508 e. The molecule has 0 unspecified atom stereocenters. The predicted octanol–water partition coefficient (Wildman–Crippen LogP) is 9.81. The van der Waals surface area contributed by atoms with Gasteiger partial charge in [0.15, 0.2) is 37.0 Å². The Morgan fingerprint density at radius 1 is 0.967 bits per heavy atom. The van der Waals surface area contributed by atoms with E-state index in [-0.39, 0.29) is 77.9 Å². The number of aromatic nitrogens is 2. The normalized spacial score (nSPS) is 21.6. The molecule has 318 valence electrons. The Hall–Kier alpha value is -4.63. The van der Waals surface area contributed by atoms with Crippen LogP contribution in [-0.2, 0) is 28.9 Å². The lowest BCUT2D eigenvalue weighted by Crippen LogP contribution is -2.65. The van der Waals surface area contributed by atoms with Crippen molar-refractivity contribution in [3.63, 3.8) is 0 Å². The number of hydrogen-bond acceptors (Lipinski definition) is 11. The lowest BCUT2D eigenvalue weighted by molar-refractivity contribution is -0.117. The number of aliphatic hydroxyl groups is 1. The molecule has 2 heterocycles. The summed E-state index contributed by atoms with van der Waals surface area (Å²) in [7, 11) is 0.834. The number of ether oxygens (including phenoxy) is 2. The Kier molecular flexibility index (Phi) is 11.6. The number of fused-ring (bicyclic) bond motifs is 4. The number of rotatable bonds is 11. The number of hydrogen-bond donors (Lipinski definition) is 2. The van der Waals surface area contributed by atoms with Crippen molar-refractivity contribution < 1.29 is 37.9 Å². The lowest BCUT2D eigenvalue weighted by Gasteiger charge is -2.55. The topological polar surface area (TPSA) is 153 Å². The van der Waals surface area contributed by atoms with E-state index in [9.17, 15) is 9.90 Å². The maximum absolute atomic E-state index is 15.6. The molecular formula is C46H55BrN4O8Si. The Balaban J connectivity index is 1.42. The van der Waals surface area contributed by atoms with Crippen LogP contribution in [0.25, 0.3) is 0 Å². The van der Waals surface area contributed by atoms with Crippen LogP contribution in [0, 0.1) is 17.3 Å². The number of carbonyl (C=O) groups is 3. The highest BCUT2D eigenvalue weighted by Gasteiger charge is 2.67. The Morgan fingerprint density at radius 3 is 2.13 bits per heavy atom. The number of ketones is 2. The van der Waals surface area contributed by atoms with Crippen LogP contribution >= 0.6 is 15.9 Å². The summed E-state index contributed by atoms with van der Waals surface area (Å²) in [4.78, 5) is 51.2. The molecule has 12 nitrogen and oxygen atoms in total. The van der Waals surface area contributed by atoms with E-state index in [1.54, 1.807) is 0 Å². The molecule has 0 bridgehead atoms. The molecule has 60 heavy (non-hydrogen) atoms. The van der Waals surface area contributed by atoms with E-state index < -0.39 is 54.2 Å². The molecule has 2 N–H and O–H groups in total. The Labute approximate surface area is 361 Å². The molecule has 7 rings (SSSR count). The second kappa shape index (κ2) is 16.0. The molecule has 14 heteroatoms. The maximum atomic E-state index is 15.6. The van der Waals surface area contributed by atoms with Crippen LogP contribution in [0.15, 0.2) is 81.1 Å². The van der Waals surface area contributed by atoms with Crippen molar-refractivity contribution in [2.45, 2.75) is 104 Å². The van der Waals surface area contributed by atoms with Crippen molar-refractivity contribution in [2.75, 3.05) is 19.4 Å². The molecule has 0 saturated carbocycles. The number of anilines is 1. The number of pyridine rings is 1. The zero-order valence-corrected chi connectivity index (χ0v) is 38.7. The second-order valence-electron chi connectivity index (χ2n) is 19.2. The molecule has 1 amide bonds. The summed E-state index contributed by atoms with van der Waals surface area (Å²) in [6, 6.07) is 18.4. The number of benzene rings is 2. The van der Waals surface area contributed by atoms with E-state index in [0.29, 0.717) is 15.9 Å². The highest BCUT2D eigenvalue weighted by Crippen LogP contribution is 2.60. The van der Waals surface area contributed by atoms with Gasteiger partial charge in [-0.3, -0.25) is 19.3 Å². The first kappa shape index (κ1) is 43.5. The van der Waals surface area contributed by atoms with Crippen molar-refractivity contribution >= 4 is 47.5 Å². The molecule has 0 radical (unpaired) electrons. The van der Waals surface area contributed by atoms with Crippen LogP contribution in [0.2, 0.25) is 18.1 Å². The van der Waals surface area contributed by atoms with Crippen LogP contribution in [0.5, 0.6) is 11.6 Å². The van der Waals surface area contributed by atoms with E-state index in [0.717, 1.165) is 11.1 Å². The number of aliphatic hydroxyl groups excluding tert-OH is 1. The van der Waals surface area contributed by atoms with Gasteiger partial charge in [-0.2, -0.15) is 0 Å².